The Morgan fingerprint density at radius 2 is 0.857 bits per heavy atom. The zero-order chi connectivity index (χ0) is 23.4. The van der Waals surface area contributed by atoms with Crippen LogP contribution in [0.25, 0.3) is 0 Å². The quantitative estimate of drug-likeness (QED) is 0.349. The molecule has 0 saturated carbocycles. The van der Waals surface area contributed by atoms with Crippen molar-refractivity contribution in [2.24, 2.45) is 0 Å². The van der Waals surface area contributed by atoms with Crippen LogP contribution in [0.15, 0.2) is 0 Å². The van der Waals surface area contributed by atoms with Gasteiger partial charge in [0, 0.05) is 6.42 Å². The lowest BCUT2D eigenvalue weighted by molar-refractivity contribution is -0.443. The minimum atomic E-state index is -8.47. The summed E-state index contributed by atoms with van der Waals surface area (Å²) < 4.78 is 217. The number of rotatable bonds is 9. The molecule has 0 N–H and O–H groups in total. The minimum absolute atomic E-state index is 1.96. The lowest BCUT2D eigenvalue weighted by Gasteiger charge is -2.42. The zero-order valence-electron chi connectivity index (χ0n) is 12.4. The van der Waals surface area contributed by atoms with Crippen LogP contribution in [0.4, 0.5) is 74.6 Å². The second kappa shape index (κ2) is 6.95. The molecule has 0 heterocycles. The molecule has 17 heteroatoms. The van der Waals surface area contributed by atoms with Gasteiger partial charge in [-0.3, -0.25) is 0 Å². The molecule has 0 bridgehead atoms. The van der Waals surface area contributed by atoms with E-state index in [1.54, 1.807) is 0 Å². The largest absolute Gasteiger partial charge is 0.385 e. The average Bonchev–Trinajstić information content (AvgIpc) is 2.44. The molecule has 0 fully saturated rings. The van der Waals surface area contributed by atoms with E-state index in [2.05, 4.69) is 0 Å². The van der Waals surface area contributed by atoms with Gasteiger partial charge in [0.15, 0.2) is 0 Å². The van der Waals surface area contributed by atoms with Gasteiger partial charge in [-0.25, -0.2) is 4.39 Å². The van der Waals surface area contributed by atoms with Crippen LogP contribution in [0.2, 0.25) is 0 Å². The first-order valence-electron chi connectivity index (χ1n) is 6.16. The van der Waals surface area contributed by atoms with Crippen LogP contribution in [0.1, 0.15) is 6.42 Å². The van der Waals surface area contributed by atoms with E-state index in [4.69, 9.17) is 0 Å². The van der Waals surface area contributed by atoms with Crippen molar-refractivity contribution in [1.82, 2.24) is 0 Å². The van der Waals surface area contributed by atoms with Gasteiger partial charge in [0.05, 0.1) is 0 Å². The summed E-state index contributed by atoms with van der Waals surface area (Å²) in [7, 11) is 0. The molecule has 0 aromatic rings. The number of hydrogen-bond donors (Lipinski definition) is 0. The van der Waals surface area contributed by atoms with Crippen molar-refractivity contribution in [2.45, 2.75) is 54.1 Å². The molecule has 0 saturated heterocycles. The van der Waals surface area contributed by atoms with E-state index in [1.807, 2.05) is 6.92 Å². The van der Waals surface area contributed by atoms with Crippen LogP contribution in [-0.4, -0.2) is 47.6 Å². The van der Waals surface area contributed by atoms with Gasteiger partial charge in [-0.2, -0.15) is 70.2 Å². The predicted octanol–water partition coefficient (Wildman–Crippen LogP) is 6.42. The van der Waals surface area contributed by atoms with Gasteiger partial charge in [0.1, 0.15) is 6.17 Å². The van der Waals surface area contributed by atoms with Gasteiger partial charge in [-0.15, -0.1) is 0 Å². The average molecular weight is 460 g/mol. The Kier molecular flexibility index (Phi) is 6.65. The topological polar surface area (TPSA) is 0 Å². The molecule has 0 aromatic heterocycles. The maximum absolute atomic E-state index is 13.2. The molecule has 168 valence electrons. The molecule has 2 radical (unpaired) electrons. The number of halogens is 17. The van der Waals surface area contributed by atoms with E-state index < -0.39 is 60.5 Å². The Hall–Kier alpha value is -1.19. The summed E-state index contributed by atoms with van der Waals surface area (Å²) in [6, 6.07) is 0. The van der Waals surface area contributed by atoms with E-state index >= 15 is 0 Å². The summed E-state index contributed by atoms with van der Waals surface area (Å²) in [4.78, 5) is 0. The van der Waals surface area contributed by atoms with Gasteiger partial charge in [-0.05, 0) is 6.92 Å². The van der Waals surface area contributed by atoms with Crippen LogP contribution in [0.3, 0.4) is 0 Å². The second-order valence-corrected chi connectivity index (χ2v) is 5.21. The summed E-state index contributed by atoms with van der Waals surface area (Å²) in [5.74, 6) is -55.3. The Balaban J connectivity index is 6.55. The summed E-state index contributed by atoms with van der Waals surface area (Å²) in [5.41, 5.74) is 0. The van der Waals surface area contributed by atoms with Crippen LogP contribution >= 0.6 is 0 Å². The highest BCUT2D eigenvalue weighted by Gasteiger charge is 2.93. The molecule has 1 unspecified atom stereocenters. The Bertz CT molecular complexity index is 545. The van der Waals surface area contributed by atoms with Gasteiger partial charge in [0.2, 0.25) is 0 Å². The standard InChI is InChI=1S/C11H5F17/c1-3(12)2-5(15,16)7(19,20)9(23,24)11(27,28)10(25,26)8(21,22)6(17,18)4(13)14/h3H,1-2H2. The molecule has 0 aromatic carbocycles. The third kappa shape index (κ3) is 3.45. The summed E-state index contributed by atoms with van der Waals surface area (Å²) >= 11 is 0. The van der Waals surface area contributed by atoms with Gasteiger partial charge >= 0.3 is 47.9 Å². The maximum atomic E-state index is 13.2. The molecule has 0 aliphatic rings. The van der Waals surface area contributed by atoms with Crippen molar-refractivity contribution < 1.29 is 74.6 Å². The Morgan fingerprint density at radius 3 is 1.14 bits per heavy atom. The molecular weight excluding hydrogens is 455 g/mol. The summed E-state index contributed by atoms with van der Waals surface area (Å²) in [6.45, 7) is 1.96. The van der Waals surface area contributed by atoms with E-state index in [9.17, 15) is 74.6 Å². The van der Waals surface area contributed by atoms with E-state index in [0.29, 0.717) is 0 Å². The monoisotopic (exact) mass is 460 g/mol. The third-order valence-electron chi connectivity index (χ3n) is 3.15. The Morgan fingerprint density at radius 1 is 0.571 bits per heavy atom. The summed E-state index contributed by atoms with van der Waals surface area (Å²) in [6.07, 6.45) is -11.5. The SMILES string of the molecule is [CH2]C(F)CC(F)(F)C(F)(F)C(F)(F)C(F)(F)C(F)(F)C(F)(F)C(F)(F)[C](F)F. The molecule has 0 aliphatic carbocycles. The van der Waals surface area contributed by atoms with E-state index in [-0.39, 0.29) is 0 Å². The van der Waals surface area contributed by atoms with Gasteiger partial charge in [-0.1, -0.05) is 0 Å². The molecule has 28 heavy (non-hydrogen) atoms. The molecular formula is C11H5F17. The van der Waals surface area contributed by atoms with Crippen molar-refractivity contribution in [3.05, 3.63) is 13.3 Å². The molecule has 0 amide bonds. The lowest BCUT2D eigenvalue weighted by atomic mass is 9.88. The normalized spacial score (nSPS) is 17.2. The first-order valence-corrected chi connectivity index (χ1v) is 6.16. The number of hydrogen-bond acceptors (Lipinski definition) is 0. The van der Waals surface area contributed by atoms with Crippen LogP contribution < -0.4 is 0 Å². The van der Waals surface area contributed by atoms with Gasteiger partial charge in [0.25, 0.3) is 0 Å². The highest BCUT2D eigenvalue weighted by atomic mass is 19.4. The van der Waals surface area contributed by atoms with Crippen molar-refractivity contribution >= 4 is 0 Å². The van der Waals surface area contributed by atoms with E-state index in [1.165, 1.54) is 0 Å². The Labute approximate surface area is 143 Å². The molecule has 0 nitrogen and oxygen atoms in total. The number of alkyl halides is 15. The fraction of sp³-hybridized carbons (Fsp3) is 0.818. The first kappa shape index (κ1) is 26.8. The third-order valence-corrected chi connectivity index (χ3v) is 3.15. The molecule has 0 spiro atoms. The molecule has 1 atom stereocenters. The smallest absolute Gasteiger partial charge is 0.247 e. The highest BCUT2D eigenvalue weighted by molar-refractivity contribution is 5.16. The molecule has 0 rings (SSSR count). The predicted molar refractivity (Wildman–Crippen MR) is 55.0 cm³/mol. The fourth-order valence-electron chi connectivity index (χ4n) is 1.54. The van der Waals surface area contributed by atoms with Crippen molar-refractivity contribution in [2.75, 3.05) is 0 Å². The first-order chi connectivity index (χ1) is 11.9. The highest BCUT2D eigenvalue weighted by Crippen LogP contribution is 2.63. The van der Waals surface area contributed by atoms with Crippen LogP contribution in [0.5, 0.6) is 0 Å². The van der Waals surface area contributed by atoms with E-state index in [0.717, 1.165) is 0 Å². The second-order valence-electron chi connectivity index (χ2n) is 5.21. The maximum Gasteiger partial charge on any atom is 0.385 e. The van der Waals surface area contributed by atoms with Crippen LogP contribution in [-0.2, 0) is 0 Å². The fourth-order valence-corrected chi connectivity index (χ4v) is 1.54. The van der Waals surface area contributed by atoms with Crippen LogP contribution in [0, 0.1) is 13.3 Å². The van der Waals surface area contributed by atoms with Gasteiger partial charge < -0.3 is 0 Å². The lowest BCUT2D eigenvalue weighted by Crippen LogP contribution is -2.73. The summed E-state index contributed by atoms with van der Waals surface area (Å²) in [5, 5.41) is 0. The zero-order valence-corrected chi connectivity index (χ0v) is 12.4. The minimum Gasteiger partial charge on any atom is -0.247 e. The molecule has 0 aliphatic heterocycles. The van der Waals surface area contributed by atoms with Crippen molar-refractivity contribution in [1.29, 1.82) is 0 Å². The van der Waals surface area contributed by atoms with Crippen molar-refractivity contribution in [3.8, 4) is 0 Å². The van der Waals surface area contributed by atoms with Crippen molar-refractivity contribution in [3.63, 3.8) is 0 Å².